The largest absolute Gasteiger partial charge is 0.369 e. The molecule has 0 aromatic heterocycles. The Labute approximate surface area is 93.1 Å². The second-order valence-electron chi connectivity index (χ2n) is 3.31. The minimum Gasteiger partial charge on any atom is -0.369 e. The van der Waals surface area contributed by atoms with Gasteiger partial charge in [0.15, 0.2) is 0 Å². The summed E-state index contributed by atoms with van der Waals surface area (Å²) < 4.78 is 0. The number of carbonyl (C=O) groups excluding carboxylic acids is 3. The minimum absolute atomic E-state index is 0.0623. The number of amides is 3. The number of nitrogens with zero attached hydrogens (tertiary/aromatic N) is 1. The molecule has 8 heteroatoms. The number of primary amides is 2. The van der Waals surface area contributed by atoms with E-state index in [1.54, 1.807) is 0 Å². The fraction of sp³-hybridized carbons (Fsp3) is 0.625. The van der Waals surface area contributed by atoms with Crippen LogP contribution in [0.5, 0.6) is 0 Å². The SMILES string of the molecule is NNC(=O)CCCN(CC(N)=O)CC(N)=O. The third-order valence-corrected chi connectivity index (χ3v) is 1.80. The highest BCUT2D eigenvalue weighted by molar-refractivity contribution is 5.79. The van der Waals surface area contributed by atoms with E-state index in [9.17, 15) is 14.4 Å². The van der Waals surface area contributed by atoms with Crippen LogP contribution in [0.2, 0.25) is 0 Å². The van der Waals surface area contributed by atoms with Crippen LogP contribution in [0.4, 0.5) is 0 Å². The van der Waals surface area contributed by atoms with Crippen molar-refractivity contribution in [2.45, 2.75) is 12.8 Å². The predicted octanol–water partition coefficient (Wildman–Crippen LogP) is -2.97. The fourth-order valence-electron chi connectivity index (χ4n) is 1.19. The van der Waals surface area contributed by atoms with Crippen molar-refractivity contribution in [2.75, 3.05) is 19.6 Å². The number of nitrogens with two attached hydrogens (primary N) is 3. The number of hydrogen-bond donors (Lipinski definition) is 4. The maximum Gasteiger partial charge on any atom is 0.233 e. The summed E-state index contributed by atoms with van der Waals surface area (Å²) in [6, 6.07) is 0. The van der Waals surface area contributed by atoms with Crippen LogP contribution in [0, 0.1) is 0 Å². The van der Waals surface area contributed by atoms with Gasteiger partial charge in [0, 0.05) is 6.42 Å². The molecule has 0 radical (unpaired) electrons. The van der Waals surface area contributed by atoms with Gasteiger partial charge in [-0.15, -0.1) is 0 Å². The zero-order chi connectivity index (χ0) is 12.6. The van der Waals surface area contributed by atoms with Crippen LogP contribution < -0.4 is 22.7 Å². The predicted molar refractivity (Wildman–Crippen MR) is 56.4 cm³/mol. The molecule has 0 spiro atoms. The van der Waals surface area contributed by atoms with E-state index in [1.807, 2.05) is 5.43 Å². The first-order valence-corrected chi connectivity index (χ1v) is 4.74. The van der Waals surface area contributed by atoms with Gasteiger partial charge in [-0.2, -0.15) is 0 Å². The molecule has 0 aromatic carbocycles. The van der Waals surface area contributed by atoms with E-state index in [-0.39, 0.29) is 25.4 Å². The molecule has 0 saturated heterocycles. The highest BCUT2D eigenvalue weighted by Gasteiger charge is 2.11. The van der Waals surface area contributed by atoms with Crippen molar-refractivity contribution in [3.8, 4) is 0 Å². The zero-order valence-corrected chi connectivity index (χ0v) is 8.94. The summed E-state index contributed by atoms with van der Waals surface area (Å²) in [6.45, 7) is 0.250. The topological polar surface area (TPSA) is 145 Å². The maximum atomic E-state index is 10.8. The lowest BCUT2D eigenvalue weighted by Crippen LogP contribution is -2.40. The Morgan fingerprint density at radius 1 is 1.06 bits per heavy atom. The molecule has 0 heterocycles. The lowest BCUT2D eigenvalue weighted by Gasteiger charge is -2.18. The van der Waals surface area contributed by atoms with Gasteiger partial charge in [-0.05, 0) is 13.0 Å². The van der Waals surface area contributed by atoms with E-state index in [4.69, 9.17) is 17.3 Å². The third kappa shape index (κ3) is 7.71. The summed E-state index contributed by atoms with van der Waals surface area (Å²) in [7, 11) is 0. The molecule has 7 N–H and O–H groups in total. The highest BCUT2D eigenvalue weighted by atomic mass is 16.2. The van der Waals surface area contributed by atoms with E-state index in [0.717, 1.165) is 0 Å². The van der Waals surface area contributed by atoms with E-state index in [0.29, 0.717) is 13.0 Å². The van der Waals surface area contributed by atoms with Crippen molar-refractivity contribution in [3.05, 3.63) is 0 Å². The molecule has 0 bridgehead atoms. The summed E-state index contributed by atoms with van der Waals surface area (Å²) in [5.74, 6) is 3.48. The second-order valence-corrected chi connectivity index (χ2v) is 3.31. The van der Waals surface area contributed by atoms with Crippen molar-refractivity contribution in [1.29, 1.82) is 0 Å². The first-order chi connectivity index (χ1) is 7.45. The zero-order valence-electron chi connectivity index (χ0n) is 8.94. The van der Waals surface area contributed by atoms with Crippen molar-refractivity contribution in [3.63, 3.8) is 0 Å². The monoisotopic (exact) mass is 231 g/mol. The van der Waals surface area contributed by atoms with Crippen molar-refractivity contribution >= 4 is 17.7 Å². The van der Waals surface area contributed by atoms with Crippen LogP contribution in [0.25, 0.3) is 0 Å². The molecule has 0 atom stereocenters. The Morgan fingerprint density at radius 2 is 1.56 bits per heavy atom. The summed E-state index contributed by atoms with van der Waals surface area (Å²) in [4.78, 5) is 33.6. The average Bonchev–Trinajstić information content (AvgIpc) is 2.15. The maximum absolute atomic E-state index is 10.8. The van der Waals surface area contributed by atoms with Crippen LogP contribution in [0.1, 0.15) is 12.8 Å². The van der Waals surface area contributed by atoms with Crippen molar-refractivity contribution in [1.82, 2.24) is 10.3 Å². The van der Waals surface area contributed by atoms with E-state index < -0.39 is 11.8 Å². The Bertz CT molecular complexity index is 252. The summed E-state index contributed by atoms with van der Waals surface area (Å²) >= 11 is 0. The average molecular weight is 231 g/mol. The third-order valence-electron chi connectivity index (χ3n) is 1.80. The van der Waals surface area contributed by atoms with Crippen LogP contribution in [-0.4, -0.2) is 42.3 Å². The molecule has 0 aliphatic carbocycles. The molecule has 0 saturated carbocycles. The molecule has 8 nitrogen and oxygen atoms in total. The molecule has 3 amide bonds. The Balaban J connectivity index is 3.96. The minimum atomic E-state index is -0.551. The molecule has 16 heavy (non-hydrogen) atoms. The van der Waals surface area contributed by atoms with Crippen molar-refractivity contribution in [2.24, 2.45) is 17.3 Å². The number of hydrazine groups is 1. The van der Waals surface area contributed by atoms with Crippen LogP contribution >= 0.6 is 0 Å². The highest BCUT2D eigenvalue weighted by Crippen LogP contribution is 1.94. The van der Waals surface area contributed by atoms with Gasteiger partial charge in [0.25, 0.3) is 0 Å². The van der Waals surface area contributed by atoms with Gasteiger partial charge in [0.2, 0.25) is 17.7 Å². The summed E-state index contributed by atoms with van der Waals surface area (Å²) in [6.07, 6.45) is 0.675. The molecule has 0 rings (SSSR count). The standard InChI is InChI=1S/C8H17N5O3/c9-6(14)4-13(5-7(10)15)3-1-2-8(16)12-11/h1-5,11H2,(H2,9,14)(H2,10,15)(H,12,16). The molecule has 0 aliphatic rings. The molecular weight excluding hydrogens is 214 g/mol. The number of nitrogens with one attached hydrogen (secondary N) is 1. The van der Waals surface area contributed by atoms with E-state index >= 15 is 0 Å². The normalized spacial score (nSPS) is 10.1. The molecule has 0 aliphatic heterocycles. The lowest BCUT2D eigenvalue weighted by atomic mass is 10.2. The smallest absolute Gasteiger partial charge is 0.233 e. The number of hydrogen-bond acceptors (Lipinski definition) is 5. The number of rotatable bonds is 8. The van der Waals surface area contributed by atoms with Crippen LogP contribution in [0.15, 0.2) is 0 Å². The van der Waals surface area contributed by atoms with Gasteiger partial charge in [-0.25, -0.2) is 5.84 Å². The molecule has 92 valence electrons. The summed E-state index contributed by atoms with van der Waals surface area (Å²) in [5.41, 5.74) is 12.0. The molecule has 0 aromatic rings. The fourth-order valence-corrected chi connectivity index (χ4v) is 1.19. The number of carbonyl (C=O) groups is 3. The lowest BCUT2D eigenvalue weighted by molar-refractivity contribution is -0.121. The van der Waals surface area contributed by atoms with Crippen molar-refractivity contribution < 1.29 is 14.4 Å². The van der Waals surface area contributed by atoms with Gasteiger partial charge < -0.3 is 11.5 Å². The van der Waals surface area contributed by atoms with Gasteiger partial charge >= 0.3 is 0 Å². The van der Waals surface area contributed by atoms with Gasteiger partial charge in [-0.3, -0.25) is 24.7 Å². The Kier molecular flexibility index (Phi) is 6.81. The molecular formula is C8H17N5O3. The quantitative estimate of drug-likeness (QED) is 0.200. The van der Waals surface area contributed by atoms with Gasteiger partial charge in [0.1, 0.15) is 0 Å². The Hall–Kier alpha value is -1.67. The van der Waals surface area contributed by atoms with Gasteiger partial charge in [0.05, 0.1) is 13.1 Å². The molecule has 0 unspecified atom stereocenters. The second kappa shape index (κ2) is 7.60. The first-order valence-electron chi connectivity index (χ1n) is 4.74. The van der Waals surface area contributed by atoms with E-state index in [1.165, 1.54) is 4.90 Å². The first kappa shape index (κ1) is 14.3. The van der Waals surface area contributed by atoms with E-state index in [2.05, 4.69) is 0 Å². The van der Waals surface area contributed by atoms with Gasteiger partial charge in [-0.1, -0.05) is 0 Å². The molecule has 0 fully saturated rings. The summed E-state index contributed by atoms with van der Waals surface area (Å²) in [5, 5.41) is 0. The Morgan fingerprint density at radius 3 is 1.94 bits per heavy atom. The van der Waals surface area contributed by atoms with Crippen LogP contribution in [-0.2, 0) is 14.4 Å². The van der Waals surface area contributed by atoms with Crippen LogP contribution in [0.3, 0.4) is 0 Å².